The minimum Gasteiger partial charge on any atom is -0.298 e. The first-order valence-electron chi connectivity index (χ1n) is 4.20. The number of halogens is 1. The van der Waals surface area contributed by atoms with Gasteiger partial charge < -0.3 is 0 Å². The monoisotopic (exact) mass is 196 g/mol. The van der Waals surface area contributed by atoms with Gasteiger partial charge in [0.1, 0.15) is 12.1 Å². The maximum atomic E-state index is 13.0. The molecule has 0 fully saturated rings. The van der Waals surface area contributed by atoms with Crippen molar-refractivity contribution in [3.63, 3.8) is 0 Å². The van der Waals surface area contributed by atoms with Gasteiger partial charge in [0.15, 0.2) is 0 Å². The fraction of sp³-hybridized carbons (Fsp3) is 0.300. The van der Waals surface area contributed by atoms with E-state index in [1.54, 1.807) is 6.07 Å². The zero-order valence-corrected chi connectivity index (χ0v) is 9.10. The lowest BCUT2D eigenvalue weighted by molar-refractivity contribution is 0.112. The topological polar surface area (TPSA) is 17.1 Å². The van der Waals surface area contributed by atoms with Crippen molar-refractivity contribution in [1.82, 2.24) is 0 Å². The number of aldehydes is 1. The summed E-state index contributed by atoms with van der Waals surface area (Å²) in [5, 5.41) is 0.981. The van der Waals surface area contributed by atoms with Crippen LogP contribution in [0.15, 0.2) is 18.2 Å². The molecule has 0 aliphatic carbocycles. The normalized spacial score (nSPS) is 11.4. The predicted molar refractivity (Wildman–Crippen MR) is 54.8 cm³/mol. The molecule has 1 rings (SSSR count). The molecular formula is C10H13FOSi. The Labute approximate surface area is 78.6 Å². The van der Waals surface area contributed by atoms with E-state index < -0.39 is 8.07 Å². The number of carbonyl (C=O) groups excluding carboxylic acids is 1. The average molecular weight is 196 g/mol. The molecule has 0 spiro atoms. The molecule has 0 aromatic heterocycles. The summed E-state index contributed by atoms with van der Waals surface area (Å²) in [5.41, 5.74) is 0.428. The van der Waals surface area contributed by atoms with E-state index in [9.17, 15) is 9.18 Å². The maximum absolute atomic E-state index is 13.0. The van der Waals surface area contributed by atoms with Crippen molar-refractivity contribution in [2.45, 2.75) is 19.6 Å². The molecule has 0 unspecified atom stereocenters. The Hall–Kier alpha value is -0.963. The molecule has 0 saturated carbocycles. The van der Waals surface area contributed by atoms with Crippen LogP contribution in [0.25, 0.3) is 0 Å². The van der Waals surface area contributed by atoms with E-state index in [-0.39, 0.29) is 5.82 Å². The molecular weight excluding hydrogens is 183 g/mol. The van der Waals surface area contributed by atoms with Gasteiger partial charge in [0.25, 0.3) is 0 Å². The summed E-state index contributed by atoms with van der Waals surface area (Å²) in [6, 6.07) is 4.57. The Morgan fingerprint density at radius 1 is 1.23 bits per heavy atom. The van der Waals surface area contributed by atoms with Crippen molar-refractivity contribution in [2.75, 3.05) is 0 Å². The molecule has 0 radical (unpaired) electrons. The van der Waals surface area contributed by atoms with Crippen molar-refractivity contribution in [3.05, 3.63) is 29.6 Å². The van der Waals surface area contributed by atoms with E-state index in [0.29, 0.717) is 11.8 Å². The average Bonchev–Trinajstić information content (AvgIpc) is 2.01. The molecule has 0 aliphatic rings. The van der Waals surface area contributed by atoms with Crippen molar-refractivity contribution in [3.8, 4) is 0 Å². The summed E-state index contributed by atoms with van der Waals surface area (Å²) < 4.78 is 13.0. The molecule has 0 heterocycles. The van der Waals surface area contributed by atoms with Gasteiger partial charge in [-0.05, 0) is 12.1 Å². The van der Waals surface area contributed by atoms with E-state index in [1.165, 1.54) is 12.1 Å². The highest BCUT2D eigenvalue weighted by Gasteiger charge is 2.17. The number of hydrogen-bond donors (Lipinski definition) is 0. The van der Waals surface area contributed by atoms with Gasteiger partial charge in [-0.15, -0.1) is 0 Å². The fourth-order valence-corrected chi connectivity index (χ4v) is 2.28. The fourth-order valence-electron chi connectivity index (χ4n) is 1.11. The minimum atomic E-state index is -1.51. The third kappa shape index (κ3) is 2.49. The highest BCUT2D eigenvalue weighted by Crippen LogP contribution is 2.06. The summed E-state index contributed by atoms with van der Waals surface area (Å²) in [5.74, 6) is -0.318. The van der Waals surface area contributed by atoms with E-state index in [0.717, 1.165) is 5.19 Å². The van der Waals surface area contributed by atoms with Crippen molar-refractivity contribution >= 4 is 19.5 Å². The number of carbonyl (C=O) groups is 1. The van der Waals surface area contributed by atoms with Crippen molar-refractivity contribution in [1.29, 1.82) is 0 Å². The standard InChI is InChI=1S/C10H13FOSi/c1-13(2,3)10-5-8(7-12)4-9(11)6-10/h4-7H,1-3H3. The zero-order chi connectivity index (χ0) is 10.1. The first-order valence-corrected chi connectivity index (χ1v) is 7.70. The Balaban J connectivity index is 3.24. The summed E-state index contributed by atoms with van der Waals surface area (Å²) in [7, 11) is -1.51. The van der Waals surface area contributed by atoms with E-state index in [4.69, 9.17) is 0 Å². The number of benzene rings is 1. The van der Waals surface area contributed by atoms with E-state index in [2.05, 4.69) is 19.6 Å². The Morgan fingerprint density at radius 2 is 1.85 bits per heavy atom. The van der Waals surface area contributed by atoms with Gasteiger partial charge in [-0.25, -0.2) is 4.39 Å². The van der Waals surface area contributed by atoms with Crippen molar-refractivity contribution < 1.29 is 9.18 Å². The van der Waals surface area contributed by atoms with Crippen LogP contribution in [0.5, 0.6) is 0 Å². The molecule has 0 saturated heterocycles. The van der Waals surface area contributed by atoms with Gasteiger partial charge >= 0.3 is 0 Å². The third-order valence-electron chi connectivity index (χ3n) is 1.92. The van der Waals surface area contributed by atoms with Gasteiger partial charge in [0.05, 0.1) is 8.07 Å². The lowest BCUT2D eigenvalue weighted by atomic mass is 10.2. The molecule has 0 atom stereocenters. The van der Waals surface area contributed by atoms with Gasteiger partial charge in [0.2, 0.25) is 0 Å². The Bertz CT molecular complexity index is 328. The second-order valence-electron chi connectivity index (χ2n) is 4.14. The van der Waals surface area contributed by atoms with Gasteiger partial charge in [-0.2, -0.15) is 0 Å². The van der Waals surface area contributed by atoms with Crippen LogP contribution in [-0.4, -0.2) is 14.4 Å². The molecule has 1 nitrogen and oxygen atoms in total. The molecule has 70 valence electrons. The Morgan fingerprint density at radius 3 is 2.31 bits per heavy atom. The minimum absolute atomic E-state index is 0.318. The number of rotatable bonds is 2. The van der Waals surface area contributed by atoms with Gasteiger partial charge in [0, 0.05) is 5.56 Å². The quantitative estimate of drug-likeness (QED) is 0.523. The largest absolute Gasteiger partial charge is 0.298 e. The third-order valence-corrected chi connectivity index (χ3v) is 3.94. The first kappa shape index (κ1) is 10.1. The van der Waals surface area contributed by atoms with Crippen LogP contribution in [0.1, 0.15) is 10.4 Å². The molecule has 1 aromatic carbocycles. The first-order chi connectivity index (χ1) is 5.93. The predicted octanol–water partition coefficient (Wildman–Crippen LogP) is 2.18. The number of hydrogen-bond acceptors (Lipinski definition) is 1. The lowest BCUT2D eigenvalue weighted by Gasteiger charge is -2.16. The van der Waals surface area contributed by atoms with Crippen molar-refractivity contribution in [2.24, 2.45) is 0 Å². The van der Waals surface area contributed by atoms with Crippen LogP contribution in [-0.2, 0) is 0 Å². The zero-order valence-electron chi connectivity index (χ0n) is 8.10. The molecule has 0 amide bonds. The smallest absolute Gasteiger partial charge is 0.150 e. The SMILES string of the molecule is C[Si](C)(C)c1cc(F)cc(C=O)c1. The molecule has 0 N–H and O–H groups in total. The highest BCUT2D eigenvalue weighted by molar-refractivity contribution is 6.88. The van der Waals surface area contributed by atoms with E-state index >= 15 is 0 Å². The van der Waals surface area contributed by atoms with Gasteiger partial charge in [-0.3, -0.25) is 4.79 Å². The molecule has 13 heavy (non-hydrogen) atoms. The Kier molecular flexibility index (Phi) is 2.66. The van der Waals surface area contributed by atoms with Crippen LogP contribution in [0, 0.1) is 5.82 Å². The van der Waals surface area contributed by atoms with Gasteiger partial charge in [-0.1, -0.05) is 30.9 Å². The van der Waals surface area contributed by atoms with Crippen LogP contribution in [0.2, 0.25) is 19.6 Å². The van der Waals surface area contributed by atoms with Crippen LogP contribution in [0.3, 0.4) is 0 Å². The molecule has 3 heteroatoms. The maximum Gasteiger partial charge on any atom is 0.150 e. The summed E-state index contributed by atoms with van der Waals surface area (Å²) >= 11 is 0. The van der Waals surface area contributed by atoms with E-state index in [1.807, 2.05) is 0 Å². The van der Waals surface area contributed by atoms with Crippen LogP contribution < -0.4 is 5.19 Å². The van der Waals surface area contributed by atoms with Crippen LogP contribution >= 0.6 is 0 Å². The summed E-state index contributed by atoms with van der Waals surface area (Å²) in [4.78, 5) is 10.5. The molecule has 1 aromatic rings. The highest BCUT2D eigenvalue weighted by atomic mass is 28.3. The summed E-state index contributed by atoms with van der Waals surface area (Å²) in [6.07, 6.45) is 0.687. The second-order valence-corrected chi connectivity index (χ2v) is 9.22. The molecule has 0 bridgehead atoms. The summed E-state index contributed by atoms with van der Waals surface area (Å²) in [6.45, 7) is 6.36. The lowest BCUT2D eigenvalue weighted by Crippen LogP contribution is -2.38. The second kappa shape index (κ2) is 3.42. The van der Waals surface area contributed by atoms with Crippen LogP contribution in [0.4, 0.5) is 4.39 Å². The molecule has 0 aliphatic heterocycles.